The lowest BCUT2D eigenvalue weighted by Crippen LogP contribution is -1.88. The van der Waals surface area contributed by atoms with E-state index in [1.807, 2.05) is 30.5 Å². The average molecular weight is 185 g/mol. The Morgan fingerprint density at radius 2 is 2.21 bits per heavy atom. The third-order valence-electron chi connectivity index (χ3n) is 2.26. The number of rotatable bonds is 3. The second kappa shape index (κ2) is 3.50. The van der Waals surface area contributed by atoms with Gasteiger partial charge in [0.05, 0.1) is 0 Å². The quantitative estimate of drug-likeness (QED) is 0.578. The Hall–Kier alpha value is -1.83. The molecule has 0 spiro atoms. The molecule has 0 aliphatic heterocycles. The first-order valence-electron chi connectivity index (χ1n) is 4.49. The molecule has 0 saturated heterocycles. The van der Waals surface area contributed by atoms with Crippen molar-refractivity contribution in [2.75, 3.05) is 0 Å². The first kappa shape index (κ1) is 8.75. The highest BCUT2D eigenvalue weighted by Crippen LogP contribution is 2.19. The Kier molecular flexibility index (Phi) is 2.19. The number of hydrogen-bond donors (Lipinski definition) is 1. The SMILES string of the molecule is C=C(C=O)Cc1c[nH]c2ccccc12. The maximum absolute atomic E-state index is 10.5. The molecule has 1 aromatic carbocycles. The van der Waals surface area contributed by atoms with Crippen LogP contribution in [0.2, 0.25) is 0 Å². The maximum atomic E-state index is 10.5. The molecule has 2 heteroatoms. The van der Waals surface area contributed by atoms with Crippen molar-refractivity contribution >= 4 is 17.2 Å². The van der Waals surface area contributed by atoms with Crippen molar-refractivity contribution in [1.82, 2.24) is 4.98 Å². The van der Waals surface area contributed by atoms with E-state index >= 15 is 0 Å². The number of H-pyrrole nitrogens is 1. The number of carbonyl (C=O) groups excluding carboxylic acids is 1. The first-order chi connectivity index (χ1) is 6.81. The van der Waals surface area contributed by atoms with Gasteiger partial charge in [0.25, 0.3) is 0 Å². The predicted octanol–water partition coefficient (Wildman–Crippen LogP) is 2.47. The zero-order valence-electron chi connectivity index (χ0n) is 7.79. The Bertz CT molecular complexity index is 482. The van der Waals surface area contributed by atoms with E-state index < -0.39 is 0 Å². The van der Waals surface area contributed by atoms with Crippen molar-refractivity contribution in [1.29, 1.82) is 0 Å². The van der Waals surface area contributed by atoms with Crippen molar-refractivity contribution in [3.05, 3.63) is 48.2 Å². The lowest BCUT2D eigenvalue weighted by molar-refractivity contribution is -0.104. The van der Waals surface area contributed by atoms with Crippen molar-refractivity contribution < 1.29 is 4.79 Å². The summed E-state index contributed by atoms with van der Waals surface area (Å²) >= 11 is 0. The molecule has 0 atom stereocenters. The Morgan fingerprint density at radius 1 is 1.43 bits per heavy atom. The molecule has 70 valence electrons. The van der Waals surface area contributed by atoms with E-state index in [1.165, 1.54) is 0 Å². The van der Waals surface area contributed by atoms with Gasteiger partial charge in [-0.3, -0.25) is 4.79 Å². The van der Waals surface area contributed by atoms with E-state index in [-0.39, 0.29) is 0 Å². The average Bonchev–Trinajstić information content (AvgIpc) is 2.62. The van der Waals surface area contributed by atoms with Gasteiger partial charge in [-0.25, -0.2) is 0 Å². The molecule has 0 fully saturated rings. The fourth-order valence-corrected chi connectivity index (χ4v) is 1.56. The van der Waals surface area contributed by atoms with Crippen LogP contribution in [0.5, 0.6) is 0 Å². The third kappa shape index (κ3) is 1.46. The summed E-state index contributed by atoms with van der Waals surface area (Å²) in [6, 6.07) is 8.03. The van der Waals surface area contributed by atoms with Gasteiger partial charge in [-0.05, 0) is 17.2 Å². The number of hydrogen-bond acceptors (Lipinski definition) is 1. The van der Waals surface area contributed by atoms with E-state index in [0.29, 0.717) is 12.0 Å². The summed E-state index contributed by atoms with van der Waals surface area (Å²) in [5.74, 6) is 0. The van der Waals surface area contributed by atoms with Crippen LogP contribution in [0, 0.1) is 0 Å². The van der Waals surface area contributed by atoms with Gasteiger partial charge in [0, 0.05) is 23.5 Å². The fraction of sp³-hybridized carbons (Fsp3) is 0.0833. The fourth-order valence-electron chi connectivity index (χ4n) is 1.56. The number of nitrogens with one attached hydrogen (secondary N) is 1. The molecule has 1 N–H and O–H groups in total. The van der Waals surface area contributed by atoms with Crippen LogP contribution >= 0.6 is 0 Å². The number of para-hydroxylation sites is 1. The van der Waals surface area contributed by atoms with Gasteiger partial charge in [0.15, 0.2) is 0 Å². The minimum absolute atomic E-state index is 0.606. The minimum atomic E-state index is 0.606. The summed E-state index contributed by atoms with van der Waals surface area (Å²) in [5.41, 5.74) is 2.83. The normalized spacial score (nSPS) is 10.3. The number of aromatic amines is 1. The predicted molar refractivity (Wildman–Crippen MR) is 57.2 cm³/mol. The van der Waals surface area contributed by atoms with Crippen LogP contribution in [-0.2, 0) is 11.2 Å². The zero-order valence-corrected chi connectivity index (χ0v) is 7.79. The molecule has 0 saturated carbocycles. The second-order valence-electron chi connectivity index (χ2n) is 3.31. The highest BCUT2D eigenvalue weighted by molar-refractivity contribution is 5.84. The summed E-state index contributed by atoms with van der Waals surface area (Å²) < 4.78 is 0. The maximum Gasteiger partial charge on any atom is 0.145 e. The summed E-state index contributed by atoms with van der Waals surface area (Å²) in [6.07, 6.45) is 3.36. The molecule has 0 radical (unpaired) electrons. The molecule has 0 aliphatic rings. The lowest BCUT2D eigenvalue weighted by atomic mass is 10.1. The van der Waals surface area contributed by atoms with Crippen molar-refractivity contribution in [2.24, 2.45) is 0 Å². The smallest absolute Gasteiger partial charge is 0.145 e. The van der Waals surface area contributed by atoms with E-state index in [2.05, 4.69) is 11.6 Å². The third-order valence-corrected chi connectivity index (χ3v) is 2.26. The van der Waals surface area contributed by atoms with Crippen LogP contribution < -0.4 is 0 Å². The number of carbonyl (C=O) groups is 1. The van der Waals surface area contributed by atoms with Crippen LogP contribution in [0.1, 0.15) is 5.56 Å². The number of aldehydes is 1. The van der Waals surface area contributed by atoms with E-state index in [4.69, 9.17) is 0 Å². The molecule has 2 rings (SSSR count). The molecular formula is C12H11NO. The Balaban J connectivity index is 2.43. The molecule has 0 aliphatic carbocycles. The molecular weight excluding hydrogens is 174 g/mol. The van der Waals surface area contributed by atoms with Gasteiger partial charge >= 0.3 is 0 Å². The van der Waals surface area contributed by atoms with Crippen molar-refractivity contribution in [3.8, 4) is 0 Å². The summed E-state index contributed by atoms with van der Waals surface area (Å²) in [6.45, 7) is 3.67. The number of benzene rings is 1. The highest BCUT2D eigenvalue weighted by Gasteiger charge is 2.03. The monoisotopic (exact) mass is 185 g/mol. The standard InChI is InChI=1S/C12H11NO/c1-9(8-14)6-10-7-13-12-5-3-2-4-11(10)12/h2-5,7-8,13H,1,6H2. The molecule has 14 heavy (non-hydrogen) atoms. The van der Waals surface area contributed by atoms with Crippen molar-refractivity contribution in [3.63, 3.8) is 0 Å². The zero-order chi connectivity index (χ0) is 9.97. The number of allylic oxidation sites excluding steroid dienone is 1. The van der Waals surface area contributed by atoms with E-state index in [0.717, 1.165) is 22.8 Å². The van der Waals surface area contributed by atoms with E-state index in [1.54, 1.807) is 0 Å². The van der Waals surface area contributed by atoms with Crippen LogP contribution in [-0.4, -0.2) is 11.3 Å². The van der Waals surface area contributed by atoms with Gasteiger partial charge in [0.1, 0.15) is 6.29 Å². The van der Waals surface area contributed by atoms with Crippen LogP contribution in [0.25, 0.3) is 10.9 Å². The molecule has 1 heterocycles. The molecule has 1 aromatic heterocycles. The molecule has 0 unspecified atom stereocenters. The summed E-state index contributed by atoms with van der Waals surface area (Å²) in [5, 5.41) is 1.16. The van der Waals surface area contributed by atoms with Gasteiger partial charge in [-0.15, -0.1) is 0 Å². The minimum Gasteiger partial charge on any atom is -0.361 e. The summed E-state index contributed by atoms with van der Waals surface area (Å²) in [7, 11) is 0. The van der Waals surface area contributed by atoms with Gasteiger partial charge in [0.2, 0.25) is 0 Å². The Morgan fingerprint density at radius 3 is 3.00 bits per heavy atom. The molecule has 0 amide bonds. The van der Waals surface area contributed by atoms with Gasteiger partial charge in [-0.1, -0.05) is 24.8 Å². The van der Waals surface area contributed by atoms with Gasteiger partial charge in [-0.2, -0.15) is 0 Å². The molecule has 0 bridgehead atoms. The first-order valence-corrected chi connectivity index (χ1v) is 4.49. The van der Waals surface area contributed by atoms with Gasteiger partial charge < -0.3 is 4.98 Å². The van der Waals surface area contributed by atoms with Crippen LogP contribution in [0.4, 0.5) is 0 Å². The number of fused-ring (bicyclic) bond motifs is 1. The van der Waals surface area contributed by atoms with Crippen LogP contribution in [0.15, 0.2) is 42.6 Å². The second-order valence-corrected chi connectivity index (χ2v) is 3.31. The number of aromatic nitrogens is 1. The lowest BCUT2D eigenvalue weighted by Gasteiger charge is -1.96. The van der Waals surface area contributed by atoms with Crippen molar-refractivity contribution in [2.45, 2.75) is 6.42 Å². The molecule has 2 aromatic rings. The Labute approximate surface area is 82.3 Å². The summed E-state index contributed by atoms with van der Waals surface area (Å²) in [4.78, 5) is 13.6. The van der Waals surface area contributed by atoms with E-state index in [9.17, 15) is 4.79 Å². The topological polar surface area (TPSA) is 32.9 Å². The largest absolute Gasteiger partial charge is 0.361 e. The molecule has 2 nitrogen and oxygen atoms in total. The van der Waals surface area contributed by atoms with Crippen LogP contribution in [0.3, 0.4) is 0 Å². The highest BCUT2D eigenvalue weighted by atomic mass is 16.1.